The molecule has 1 fully saturated rings. The molecule has 1 unspecified atom stereocenters. The van der Waals surface area contributed by atoms with Crippen LogP contribution in [-0.4, -0.2) is 44.2 Å². The highest BCUT2D eigenvalue weighted by Crippen LogP contribution is 2.14. The maximum absolute atomic E-state index is 5.45. The number of hydrogen-bond donors (Lipinski definition) is 1. The summed E-state index contributed by atoms with van der Waals surface area (Å²) >= 11 is 0. The van der Waals surface area contributed by atoms with E-state index >= 15 is 0 Å². The predicted molar refractivity (Wildman–Crippen MR) is 112 cm³/mol. The molecule has 1 aliphatic heterocycles. The molecule has 144 valence electrons. The molecule has 0 spiro atoms. The molecule has 1 aliphatic rings. The molecule has 3 heterocycles. The fourth-order valence-corrected chi connectivity index (χ4v) is 2.91. The average Bonchev–Trinajstić information content (AvgIpc) is 3.35. The van der Waals surface area contributed by atoms with Gasteiger partial charge in [-0.2, -0.15) is 0 Å². The van der Waals surface area contributed by atoms with Crippen LogP contribution in [0.5, 0.6) is 0 Å². The summed E-state index contributed by atoms with van der Waals surface area (Å²) in [5.74, 6) is 3.35. The van der Waals surface area contributed by atoms with E-state index in [1.807, 2.05) is 25.1 Å². The van der Waals surface area contributed by atoms with Gasteiger partial charge in [-0.3, -0.25) is 4.99 Å². The molecule has 2 aromatic rings. The number of nitrogens with zero attached hydrogens (tertiary/aromatic N) is 2. The Balaban J connectivity index is 0.00000243. The Labute approximate surface area is 172 Å². The smallest absolute Gasteiger partial charge is 0.193 e. The highest BCUT2D eigenvalue weighted by molar-refractivity contribution is 14.0. The minimum absolute atomic E-state index is 0. The number of aliphatic imine (C=N–C) groups is 1. The van der Waals surface area contributed by atoms with Crippen molar-refractivity contribution in [3.63, 3.8) is 0 Å². The second kappa shape index (κ2) is 10.6. The highest BCUT2D eigenvalue weighted by Gasteiger charge is 2.16. The molecular weight excluding hydrogens is 445 g/mol. The van der Waals surface area contributed by atoms with Gasteiger partial charge in [-0.15, -0.1) is 24.0 Å². The molecule has 1 saturated heterocycles. The number of halogens is 1. The fraction of sp³-hybridized carbons (Fsp3) is 0.526. The number of hydrogen-bond acceptors (Lipinski definition) is 4. The van der Waals surface area contributed by atoms with Crippen LogP contribution < -0.4 is 5.32 Å². The van der Waals surface area contributed by atoms with Crippen LogP contribution in [0.3, 0.4) is 0 Å². The van der Waals surface area contributed by atoms with Gasteiger partial charge in [-0.25, -0.2) is 0 Å². The number of rotatable bonds is 7. The average molecular weight is 473 g/mol. The lowest BCUT2D eigenvalue weighted by atomic mass is 10.1. The highest BCUT2D eigenvalue weighted by atomic mass is 127. The van der Waals surface area contributed by atoms with Gasteiger partial charge in [0.25, 0.3) is 0 Å². The van der Waals surface area contributed by atoms with Crippen LogP contribution in [-0.2, 0) is 17.7 Å². The van der Waals surface area contributed by atoms with Gasteiger partial charge >= 0.3 is 0 Å². The van der Waals surface area contributed by atoms with Crippen molar-refractivity contribution in [2.45, 2.75) is 26.3 Å². The topological polar surface area (TPSA) is 63.1 Å². The summed E-state index contributed by atoms with van der Waals surface area (Å²) in [6.07, 6.45) is 5.36. The maximum Gasteiger partial charge on any atom is 0.193 e. The van der Waals surface area contributed by atoms with E-state index in [1.165, 1.54) is 5.56 Å². The van der Waals surface area contributed by atoms with Crippen LogP contribution in [0.2, 0.25) is 0 Å². The molecule has 0 amide bonds. The van der Waals surface area contributed by atoms with Crippen molar-refractivity contribution in [1.29, 1.82) is 0 Å². The van der Waals surface area contributed by atoms with Crippen molar-refractivity contribution in [3.8, 4) is 0 Å². The summed E-state index contributed by atoms with van der Waals surface area (Å²) in [4.78, 5) is 6.96. The molecule has 0 aliphatic carbocycles. The van der Waals surface area contributed by atoms with E-state index in [-0.39, 0.29) is 24.0 Å². The van der Waals surface area contributed by atoms with E-state index in [0.29, 0.717) is 5.92 Å². The van der Waals surface area contributed by atoms with Crippen LogP contribution in [0.25, 0.3) is 0 Å². The largest absolute Gasteiger partial charge is 0.469 e. The van der Waals surface area contributed by atoms with Gasteiger partial charge in [0, 0.05) is 51.2 Å². The van der Waals surface area contributed by atoms with Crippen LogP contribution in [0.15, 0.2) is 44.6 Å². The van der Waals surface area contributed by atoms with Crippen LogP contribution in [0.1, 0.15) is 23.5 Å². The van der Waals surface area contributed by atoms with Crippen LogP contribution in [0, 0.1) is 12.8 Å². The standard InChI is InChI=1S/C19H27N3O3.HI/c1-15-17(7-11-24-15)13-22(2)19(21-12-16-6-10-23-14-16)20-8-5-18-4-3-9-25-18;/h3-4,7,9,11,16H,5-6,8,10,12-14H2,1-2H3,(H,20,21);1H. The molecule has 6 nitrogen and oxygen atoms in total. The summed E-state index contributed by atoms with van der Waals surface area (Å²) in [5.41, 5.74) is 1.17. The zero-order chi connectivity index (χ0) is 17.5. The molecule has 0 bridgehead atoms. The number of nitrogens with one attached hydrogen (secondary N) is 1. The Morgan fingerprint density at radius 3 is 2.85 bits per heavy atom. The van der Waals surface area contributed by atoms with Crippen molar-refractivity contribution in [3.05, 3.63) is 47.8 Å². The van der Waals surface area contributed by atoms with Crippen LogP contribution >= 0.6 is 24.0 Å². The summed E-state index contributed by atoms with van der Waals surface area (Å²) in [5, 5.41) is 3.46. The Bertz CT molecular complexity index is 663. The molecule has 3 rings (SSSR count). The lowest BCUT2D eigenvalue weighted by Gasteiger charge is -2.22. The summed E-state index contributed by atoms with van der Waals surface area (Å²) in [7, 11) is 2.05. The second-order valence-electron chi connectivity index (χ2n) is 6.51. The first-order valence-electron chi connectivity index (χ1n) is 8.85. The molecular formula is C19H28IN3O3. The first-order chi connectivity index (χ1) is 12.2. The number of ether oxygens (including phenoxy) is 1. The predicted octanol–water partition coefficient (Wildman–Crippen LogP) is 3.46. The van der Waals surface area contributed by atoms with Gasteiger partial charge in [-0.1, -0.05) is 0 Å². The number of guanidine groups is 1. The molecule has 0 radical (unpaired) electrons. The Hall–Kier alpha value is -1.48. The van der Waals surface area contributed by atoms with E-state index in [1.54, 1.807) is 12.5 Å². The third kappa shape index (κ3) is 6.05. The normalized spacial score (nSPS) is 17.2. The lowest BCUT2D eigenvalue weighted by Crippen LogP contribution is -2.40. The number of furan rings is 2. The lowest BCUT2D eigenvalue weighted by molar-refractivity contribution is 0.187. The summed E-state index contributed by atoms with van der Waals surface area (Å²) in [6, 6.07) is 5.92. The molecule has 1 N–H and O–H groups in total. The molecule has 0 saturated carbocycles. The van der Waals surface area contributed by atoms with Gasteiger partial charge < -0.3 is 23.8 Å². The monoisotopic (exact) mass is 473 g/mol. The van der Waals surface area contributed by atoms with Crippen LogP contribution in [0.4, 0.5) is 0 Å². The van der Waals surface area contributed by atoms with Crippen molar-refractivity contribution >= 4 is 29.9 Å². The first kappa shape index (κ1) is 20.8. The van der Waals surface area contributed by atoms with Crippen molar-refractivity contribution in [1.82, 2.24) is 10.2 Å². The SMILES string of the molecule is Cc1occc1CN(C)C(=NCC1CCOC1)NCCc1ccco1.I. The van der Waals surface area contributed by atoms with E-state index in [9.17, 15) is 0 Å². The maximum atomic E-state index is 5.45. The Morgan fingerprint density at radius 2 is 2.19 bits per heavy atom. The van der Waals surface area contributed by atoms with E-state index in [0.717, 1.165) is 63.2 Å². The van der Waals surface area contributed by atoms with E-state index in [2.05, 4.69) is 17.3 Å². The van der Waals surface area contributed by atoms with Gasteiger partial charge in [0.1, 0.15) is 11.5 Å². The Kier molecular flexibility index (Phi) is 8.50. The second-order valence-corrected chi connectivity index (χ2v) is 6.51. The third-order valence-corrected chi connectivity index (χ3v) is 4.49. The molecule has 26 heavy (non-hydrogen) atoms. The van der Waals surface area contributed by atoms with Gasteiger partial charge in [-0.05, 0) is 31.5 Å². The van der Waals surface area contributed by atoms with E-state index in [4.69, 9.17) is 18.6 Å². The third-order valence-electron chi connectivity index (χ3n) is 4.49. The van der Waals surface area contributed by atoms with Gasteiger partial charge in [0.05, 0.1) is 19.1 Å². The molecule has 2 aromatic heterocycles. The molecule has 7 heteroatoms. The molecule has 1 atom stereocenters. The zero-order valence-corrected chi connectivity index (χ0v) is 17.8. The van der Waals surface area contributed by atoms with Crippen molar-refractivity contribution in [2.75, 3.05) is 33.4 Å². The zero-order valence-electron chi connectivity index (χ0n) is 15.4. The van der Waals surface area contributed by atoms with Gasteiger partial charge in [0.2, 0.25) is 0 Å². The van der Waals surface area contributed by atoms with E-state index < -0.39 is 0 Å². The summed E-state index contributed by atoms with van der Waals surface area (Å²) < 4.78 is 16.2. The van der Waals surface area contributed by atoms with Crippen molar-refractivity contribution < 1.29 is 13.6 Å². The quantitative estimate of drug-likeness (QED) is 0.379. The fourth-order valence-electron chi connectivity index (χ4n) is 2.91. The minimum Gasteiger partial charge on any atom is -0.469 e. The van der Waals surface area contributed by atoms with Gasteiger partial charge in [0.15, 0.2) is 5.96 Å². The van der Waals surface area contributed by atoms with Crippen molar-refractivity contribution in [2.24, 2.45) is 10.9 Å². The minimum atomic E-state index is 0. The number of aryl methyl sites for hydroxylation is 1. The first-order valence-corrected chi connectivity index (χ1v) is 8.85. The Morgan fingerprint density at radius 1 is 1.31 bits per heavy atom. The molecule has 0 aromatic carbocycles. The summed E-state index contributed by atoms with van der Waals surface area (Å²) in [6.45, 7) is 5.98.